The van der Waals surface area contributed by atoms with Crippen molar-refractivity contribution in [3.63, 3.8) is 0 Å². The van der Waals surface area contributed by atoms with Gasteiger partial charge in [0.15, 0.2) is 0 Å². The van der Waals surface area contributed by atoms with E-state index >= 15 is 0 Å². The maximum Gasteiger partial charge on any atom is 0.149 e. The van der Waals surface area contributed by atoms with Crippen molar-refractivity contribution in [2.45, 2.75) is 13.0 Å². The van der Waals surface area contributed by atoms with Gasteiger partial charge in [0.25, 0.3) is 0 Å². The van der Waals surface area contributed by atoms with Gasteiger partial charge in [0.2, 0.25) is 0 Å². The molecule has 4 nitrogen and oxygen atoms in total. The molecule has 0 aromatic carbocycles. The number of nitrogens with zero attached hydrogens (tertiary/aromatic N) is 2. The van der Waals surface area contributed by atoms with Crippen molar-refractivity contribution < 1.29 is 0 Å². The third-order valence-electron chi connectivity index (χ3n) is 1.76. The largest absolute Gasteiger partial charge is 0.396 e. The maximum atomic E-state index is 8.60. The van der Waals surface area contributed by atoms with Crippen molar-refractivity contribution in [2.24, 2.45) is 0 Å². The first-order chi connectivity index (χ1) is 6.67. The van der Waals surface area contributed by atoms with Crippen LogP contribution in [0, 0.1) is 11.3 Å². The van der Waals surface area contributed by atoms with Crippen LogP contribution in [-0.4, -0.2) is 11.0 Å². The maximum absolute atomic E-state index is 8.60. The highest BCUT2D eigenvalue weighted by Crippen LogP contribution is 2.16. The molecule has 4 heteroatoms. The molecule has 0 bridgehead atoms. The number of nitriles is 1. The Balaban J connectivity index is 2.90. The van der Waals surface area contributed by atoms with Gasteiger partial charge in [0.05, 0.1) is 11.3 Å². The summed E-state index contributed by atoms with van der Waals surface area (Å²) in [5.74, 6) is 0.580. The van der Waals surface area contributed by atoms with E-state index in [9.17, 15) is 0 Å². The van der Waals surface area contributed by atoms with E-state index in [0.717, 1.165) is 0 Å². The van der Waals surface area contributed by atoms with Crippen LogP contribution in [0.25, 0.3) is 0 Å². The van der Waals surface area contributed by atoms with Crippen LogP contribution in [0.3, 0.4) is 0 Å². The highest BCUT2D eigenvalue weighted by molar-refractivity contribution is 5.63. The second-order valence-electron chi connectivity index (χ2n) is 2.94. The van der Waals surface area contributed by atoms with Gasteiger partial charge in [0, 0.05) is 12.2 Å². The second kappa shape index (κ2) is 4.28. The van der Waals surface area contributed by atoms with Gasteiger partial charge in [-0.25, -0.2) is 4.98 Å². The van der Waals surface area contributed by atoms with E-state index in [1.807, 2.05) is 13.0 Å². The molecule has 72 valence electrons. The van der Waals surface area contributed by atoms with E-state index < -0.39 is 0 Å². The number of rotatable bonds is 3. The van der Waals surface area contributed by atoms with Crippen molar-refractivity contribution >= 4 is 11.5 Å². The van der Waals surface area contributed by atoms with Gasteiger partial charge in [-0.1, -0.05) is 6.08 Å². The summed E-state index contributed by atoms with van der Waals surface area (Å²) in [5.41, 5.74) is 6.62. The predicted octanol–water partition coefficient (Wildman–Crippen LogP) is 1.52. The Morgan fingerprint density at radius 3 is 3.00 bits per heavy atom. The molecule has 1 aromatic rings. The summed E-state index contributed by atoms with van der Waals surface area (Å²) in [5, 5.41) is 11.6. The van der Waals surface area contributed by atoms with Crippen LogP contribution in [0.15, 0.2) is 24.9 Å². The Morgan fingerprint density at radius 1 is 1.79 bits per heavy atom. The summed E-state index contributed by atoms with van der Waals surface area (Å²) in [4.78, 5) is 4.03. The fourth-order valence-corrected chi connectivity index (χ4v) is 0.938. The van der Waals surface area contributed by atoms with Crippen molar-refractivity contribution in [2.75, 3.05) is 11.1 Å². The molecule has 1 unspecified atom stereocenters. The molecule has 1 rings (SSSR count). The van der Waals surface area contributed by atoms with Gasteiger partial charge < -0.3 is 11.1 Å². The van der Waals surface area contributed by atoms with Gasteiger partial charge in [-0.15, -0.1) is 6.58 Å². The number of nitrogens with two attached hydrogens (primary N) is 1. The zero-order valence-corrected chi connectivity index (χ0v) is 7.99. The molecule has 0 fully saturated rings. The molecule has 0 saturated heterocycles. The number of hydrogen-bond donors (Lipinski definition) is 2. The zero-order valence-electron chi connectivity index (χ0n) is 7.99. The molecule has 1 heterocycles. The summed E-state index contributed by atoms with van der Waals surface area (Å²) < 4.78 is 0. The van der Waals surface area contributed by atoms with E-state index in [0.29, 0.717) is 17.1 Å². The first-order valence-electron chi connectivity index (χ1n) is 4.22. The van der Waals surface area contributed by atoms with Gasteiger partial charge in [-0.05, 0) is 13.0 Å². The minimum absolute atomic E-state index is 0.0951. The van der Waals surface area contributed by atoms with E-state index in [1.54, 1.807) is 12.1 Å². The second-order valence-corrected chi connectivity index (χ2v) is 2.94. The Labute approximate surface area is 83.1 Å². The van der Waals surface area contributed by atoms with Crippen LogP contribution in [0.5, 0.6) is 0 Å². The Hall–Kier alpha value is -2.02. The third kappa shape index (κ3) is 2.23. The average Bonchev–Trinajstić information content (AvgIpc) is 2.20. The Kier molecular flexibility index (Phi) is 3.08. The monoisotopic (exact) mass is 188 g/mol. The third-order valence-corrected chi connectivity index (χ3v) is 1.76. The van der Waals surface area contributed by atoms with Crippen molar-refractivity contribution in [1.82, 2.24) is 4.98 Å². The number of anilines is 2. The minimum Gasteiger partial charge on any atom is -0.396 e. The molecule has 1 atom stereocenters. The normalized spacial score (nSPS) is 11.4. The van der Waals surface area contributed by atoms with Gasteiger partial charge >= 0.3 is 0 Å². The number of nitrogens with one attached hydrogen (secondary N) is 1. The van der Waals surface area contributed by atoms with Crippen LogP contribution >= 0.6 is 0 Å². The predicted molar refractivity (Wildman–Crippen MR) is 56.6 cm³/mol. The van der Waals surface area contributed by atoms with E-state index in [1.165, 1.54) is 6.20 Å². The molecule has 0 radical (unpaired) electrons. The Bertz CT molecular complexity index is 378. The average molecular weight is 188 g/mol. The topological polar surface area (TPSA) is 74.7 Å². The van der Waals surface area contributed by atoms with Gasteiger partial charge in [-0.2, -0.15) is 5.26 Å². The lowest BCUT2D eigenvalue weighted by atomic mass is 10.2. The molecule has 14 heavy (non-hydrogen) atoms. The number of hydrogen-bond acceptors (Lipinski definition) is 4. The van der Waals surface area contributed by atoms with Crippen LogP contribution in [0.2, 0.25) is 0 Å². The van der Waals surface area contributed by atoms with Gasteiger partial charge in [-0.3, -0.25) is 0 Å². The van der Waals surface area contributed by atoms with E-state index in [4.69, 9.17) is 11.0 Å². The number of pyridine rings is 1. The molecule has 0 amide bonds. The molecule has 0 saturated carbocycles. The quantitative estimate of drug-likeness (QED) is 0.705. The van der Waals surface area contributed by atoms with Crippen molar-refractivity contribution in [3.05, 3.63) is 30.5 Å². The smallest absolute Gasteiger partial charge is 0.149 e. The molecular weight excluding hydrogens is 176 g/mol. The first kappa shape index (κ1) is 10.1. The van der Waals surface area contributed by atoms with Crippen LogP contribution < -0.4 is 11.1 Å². The van der Waals surface area contributed by atoms with Crippen molar-refractivity contribution in [1.29, 1.82) is 5.26 Å². The highest BCUT2D eigenvalue weighted by Gasteiger charge is 2.03. The highest BCUT2D eigenvalue weighted by atomic mass is 15.0. The first-order valence-corrected chi connectivity index (χ1v) is 4.22. The lowest BCUT2D eigenvalue weighted by Gasteiger charge is -2.11. The summed E-state index contributed by atoms with van der Waals surface area (Å²) in [7, 11) is 0. The molecular formula is C10H12N4. The number of aromatic nitrogens is 1. The molecule has 0 aliphatic heterocycles. The van der Waals surface area contributed by atoms with Crippen molar-refractivity contribution in [3.8, 4) is 6.07 Å². The molecule has 1 aromatic heterocycles. The SMILES string of the molecule is C=CC(C)Nc1ncc(C#N)cc1N. The molecule has 3 N–H and O–H groups in total. The molecule has 0 aliphatic rings. The van der Waals surface area contributed by atoms with E-state index in [-0.39, 0.29) is 6.04 Å². The Morgan fingerprint density at radius 2 is 2.50 bits per heavy atom. The lowest BCUT2D eigenvalue weighted by Crippen LogP contribution is -2.14. The standard InChI is InChI=1S/C10H12N4/c1-3-7(2)14-10-9(12)4-8(5-11)6-13-10/h3-4,6-7H,1,12H2,2H3,(H,13,14). The summed E-state index contributed by atoms with van der Waals surface area (Å²) in [6.07, 6.45) is 3.23. The summed E-state index contributed by atoms with van der Waals surface area (Å²) in [6, 6.07) is 3.66. The summed E-state index contributed by atoms with van der Waals surface area (Å²) >= 11 is 0. The zero-order chi connectivity index (χ0) is 10.6. The summed E-state index contributed by atoms with van der Waals surface area (Å²) in [6.45, 7) is 5.57. The minimum atomic E-state index is 0.0951. The number of nitrogen functional groups attached to an aromatic ring is 1. The lowest BCUT2D eigenvalue weighted by molar-refractivity contribution is 0.985. The van der Waals surface area contributed by atoms with Crippen LogP contribution in [0.4, 0.5) is 11.5 Å². The van der Waals surface area contributed by atoms with E-state index in [2.05, 4.69) is 16.9 Å². The molecule has 0 aliphatic carbocycles. The van der Waals surface area contributed by atoms with Crippen LogP contribution in [-0.2, 0) is 0 Å². The van der Waals surface area contributed by atoms with Crippen LogP contribution in [0.1, 0.15) is 12.5 Å². The fourth-order valence-electron chi connectivity index (χ4n) is 0.938. The van der Waals surface area contributed by atoms with Gasteiger partial charge in [0.1, 0.15) is 11.9 Å². The fraction of sp³-hybridized carbons (Fsp3) is 0.200. The molecule has 0 spiro atoms.